The van der Waals surface area contributed by atoms with Gasteiger partial charge in [0.15, 0.2) is 0 Å². The van der Waals surface area contributed by atoms with Crippen LogP contribution in [0, 0.1) is 0 Å². The van der Waals surface area contributed by atoms with Gasteiger partial charge >= 0.3 is 6.03 Å². The molecule has 6 N–H and O–H groups in total. The van der Waals surface area contributed by atoms with Gasteiger partial charge in [-0.1, -0.05) is 13.0 Å². The van der Waals surface area contributed by atoms with Gasteiger partial charge in [-0.25, -0.2) is 9.78 Å². The molecule has 0 aliphatic carbocycles. The molecule has 0 saturated carbocycles. The number of hydrogen-bond donors (Lipinski definition) is 5. The molecule has 1 aromatic heterocycles. The minimum absolute atomic E-state index is 0.0461. The highest BCUT2D eigenvalue weighted by Crippen LogP contribution is 2.38. The molecule has 12 heteroatoms. The predicted octanol–water partition coefficient (Wildman–Crippen LogP) is -0.0464. The van der Waals surface area contributed by atoms with Crippen molar-refractivity contribution in [2.24, 2.45) is 5.73 Å². The van der Waals surface area contributed by atoms with E-state index in [2.05, 4.69) is 32.8 Å². The summed E-state index contributed by atoms with van der Waals surface area (Å²) in [7, 11) is 0. The van der Waals surface area contributed by atoms with Crippen molar-refractivity contribution >= 4 is 23.7 Å². The van der Waals surface area contributed by atoms with Crippen LogP contribution >= 0.6 is 11.8 Å². The monoisotopic (exact) mass is 481 g/mol. The molecule has 0 unspecified atom stereocenters. The van der Waals surface area contributed by atoms with Crippen molar-refractivity contribution in [1.82, 2.24) is 30.8 Å². The number of amides is 2. The third-order valence-corrected chi connectivity index (χ3v) is 7.10. The number of thioether (sulfide) groups is 1. The highest BCUT2D eigenvalue weighted by Gasteiger charge is 2.50. The molecular formula is C21H35N7O4S. The molecule has 2 amide bonds. The Bertz CT molecular complexity index is 779. The summed E-state index contributed by atoms with van der Waals surface area (Å²) >= 11 is 1.88. The maximum absolute atomic E-state index is 12.0. The Kier molecular flexibility index (Phi) is 9.85. The summed E-state index contributed by atoms with van der Waals surface area (Å²) in [6.45, 7) is 6.50. The molecule has 0 radical (unpaired) electrons. The van der Waals surface area contributed by atoms with Gasteiger partial charge in [0.25, 0.3) is 0 Å². The fourth-order valence-electron chi connectivity index (χ4n) is 3.86. The fraction of sp³-hybridized carbons (Fsp3) is 0.667. The number of hydrogen-bond acceptors (Lipinski definition) is 9. The first-order chi connectivity index (χ1) is 16.0. The second kappa shape index (κ2) is 12.8. The van der Waals surface area contributed by atoms with E-state index in [4.69, 9.17) is 15.2 Å². The van der Waals surface area contributed by atoms with Gasteiger partial charge in [0.05, 0.1) is 38.3 Å². The molecule has 2 fully saturated rings. The Morgan fingerprint density at radius 1 is 1.24 bits per heavy atom. The van der Waals surface area contributed by atoms with Crippen LogP contribution in [0.2, 0.25) is 0 Å². The largest absolute Gasteiger partial charge is 0.377 e. The van der Waals surface area contributed by atoms with Crippen molar-refractivity contribution in [3.63, 3.8) is 0 Å². The van der Waals surface area contributed by atoms with Crippen molar-refractivity contribution in [1.29, 1.82) is 0 Å². The number of unbranched alkanes of at least 4 members (excludes halogenated alkanes) is 1. The molecule has 0 aromatic carbocycles. The van der Waals surface area contributed by atoms with E-state index in [9.17, 15) is 9.59 Å². The smallest absolute Gasteiger partial charge is 0.326 e. The fourth-order valence-corrected chi connectivity index (χ4v) is 5.44. The lowest BCUT2D eigenvalue weighted by molar-refractivity contribution is -0.121. The Morgan fingerprint density at radius 3 is 2.73 bits per heavy atom. The van der Waals surface area contributed by atoms with Gasteiger partial charge in [0.2, 0.25) is 5.91 Å². The summed E-state index contributed by atoms with van der Waals surface area (Å²) in [6, 6.07) is -0.0430. The summed E-state index contributed by atoms with van der Waals surface area (Å²) in [5.41, 5.74) is 5.99. The first kappa shape index (κ1) is 25.3. The summed E-state index contributed by atoms with van der Waals surface area (Å²) in [4.78, 5) is 27.4. The Labute approximate surface area is 198 Å². The number of carbonyl (C=O) groups excluding carboxylic acids is 2. The number of fused-ring (bicyclic) bond motifs is 1. The SMILES string of the molecule is C=C1N[C@@H]2[C@H](CCCCC(=O)NCCOCCOCCNC(=O)n3ccnc3)SC[C@]2(N)N1. The molecule has 2 aliphatic heterocycles. The molecule has 3 heterocycles. The number of aromatic nitrogens is 2. The van der Waals surface area contributed by atoms with Crippen molar-refractivity contribution in [2.45, 2.75) is 42.6 Å². The van der Waals surface area contributed by atoms with Crippen LogP contribution in [0.5, 0.6) is 0 Å². The van der Waals surface area contributed by atoms with Gasteiger partial charge in [-0.3, -0.25) is 9.36 Å². The van der Waals surface area contributed by atoms with E-state index in [1.165, 1.54) is 10.9 Å². The van der Waals surface area contributed by atoms with E-state index in [0.717, 1.165) is 30.8 Å². The molecule has 0 bridgehead atoms. The van der Waals surface area contributed by atoms with Crippen LogP contribution in [0.1, 0.15) is 25.7 Å². The van der Waals surface area contributed by atoms with Gasteiger partial charge in [-0.05, 0) is 12.8 Å². The number of ether oxygens (including phenoxy) is 2. The van der Waals surface area contributed by atoms with Gasteiger partial charge in [0.1, 0.15) is 12.0 Å². The molecule has 2 saturated heterocycles. The number of nitrogens with two attached hydrogens (primary N) is 1. The lowest BCUT2D eigenvalue weighted by atomic mass is 9.98. The normalized spacial score (nSPS) is 23.6. The van der Waals surface area contributed by atoms with E-state index < -0.39 is 5.66 Å². The quantitative estimate of drug-likeness (QED) is 0.231. The Morgan fingerprint density at radius 2 is 2.00 bits per heavy atom. The van der Waals surface area contributed by atoms with Gasteiger partial charge in [-0.2, -0.15) is 11.8 Å². The highest BCUT2D eigenvalue weighted by molar-refractivity contribution is 8.00. The Hall–Kier alpha value is -2.28. The van der Waals surface area contributed by atoms with Crippen LogP contribution in [0.4, 0.5) is 4.79 Å². The van der Waals surface area contributed by atoms with E-state index in [-0.39, 0.29) is 18.0 Å². The van der Waals surface area contributed by atoms with Crippen LogP contribution < -0.4 is 27.0 Å². The lowest BCUT2D eigenvalue weighted by Crippen LogP contribution is -2.58. The number of imidazole rings is 1. The number of nitrogens with zero attached hydrogens (tertiary/aromatic N) is 2. The zero-order chi connectivity index (χ0) is 23.5. The molecule has 11 nitrogen and oxygen atoms in total. The maximum Gasteiger partial charge on any atom is 0.326 e. The van der Waals surface area contributed by atoms with E-state index >= 15 is 0 Å². The first-order valence-corrected chi connectivity index (χ1v) is 12.4. The van der Waals surface area contributed by atoms with E-state index in [1.807, 2.05) is 11.8 Å². The van der Waals surface area contributed by atoms with Gasteiger partial charge in [0, 0.05) is 42.9 Å². The molecule has 3 rings (SSSR count). The second-order valence-electron chi connectivity index (χ2n) is 8.14. The van der Waals surface area contributed by atoms with Crippen LogP contribution in [0.25, 0.3) is 0 Å². The van der Waals surface area contributed by atoms with Crippen LogP contribution in [0.15, 0.2) is 31.1 Å². The summed E-state index contributed by atoms with van der Waals surface area (Å²) < 4.78 is 12.2. The van der Waals surface area contributed by atoms with Crippen molar-refractivity contribution in [3.05, 3.63) is 31.1 Å². The average Bonchev–Trinajstić information content (AvgIpc) is 3.48. The van der Waals surface area contributed by atoms with Gasteiger partial charge < -0.3 is 36.5 Å². The summed E-state index contributed by atoms with van der Waals surface area (Å²) in [5, 5.41) is 12.6. The summed E-state index contributed by atoms with van der Waals surface area (Å²) in [5.74, 6) is 1.71. The zero-order valence-corrected chi connectivity index (χ0v) is 19.7. The van der Waals surface area contributed by atoms with Crippen molar-refractivity contribution < 1.29 is 19.1 Å². The minimum atomic E-state index is -0.397. The lowest BCUT2D eigenvalue weighted by Gasteiger charge is -2.24. The second-order valence-corrected chi connectivity index (χ2v) is 9.37. The number of nitrogens with one attached hydrogen (secondary N) is 4. The van der Waals surface area contributed by atoms with Gasteiger partial charge in [-0.15, -0.1) is 0 Å². The standard InChI is InChI=1S/C21H35N7O4S/c1-16-26-19-17(33-14-21(19,22)27-16)4-2-3-5-18(29)24-7-10-31-12-13-32-11-8-25-20(30)28-9-6-23-15-28/h6,9,15,17,19,26-27H,1-5,7-8,10-14,22H2,(H,24,29)(H,25,30)/t17-,19+,21-/m0/s1. The van der Waals surface area contributed by atoms with Crippen molar-refractivity contribution in [2.75, 3.05) is 45.3 Å². The minimum Gasteiger partial charge on any atom is -0.377 e. The molecule has 0 spiro atoms. The topological polar surface area (TPSA) is 145 Å². The number of rotatable bonds is 14. The molecule has 184 valence electrons. The average molecular weight is 482 g/mol. The maximum atomic E-state index is 12.0. The van der Waals surface area contributed by atoms with E-state index in [1.54, 1.807) is 12.4 Å². The highest BCUT2D eigenvalue weighted by atomic mass is 32.2. The van der Waals surface area contributed by atoms with Crippen molar-refractivity contribution in [3.8, 4) is 0 Å². The predicted molar refractivity (Wildman–Crippen MR) is 127 cm³/mol. The third-order valence-electron chi connectivity index (χ3n) is 5.52. The molecular weight excluding hydrogens is 446 g/mol. The molecule has 2 aliphatic rings. The molecule has 1 aromatic rings. The van der Waals surface area contributed by atoms with Crippen LogP contribution in [-0.2, 0) is 14.3 Å². The van der Waals surface area contributed by atoms with E-state index in [0.29, 0.717) is 51.2 Å². The zero-order valence-electron chi connectivity index (χ0n) is 18.9. The first-order valence-electron chi connectivity index (χ1n) is 11.3. The Balaban J connectivity index is 1.09. The number of carbonyl (C=O) groups is 2. The molecule has 3 atom stereocenters. The van der Waals surface area contributed by atoms with Crippen LogP contribution in [0.3, 0.4) is 0 Å². The summed E-state index contributed by atoms with van der Waals surface area (Å²) in [6.07, 6.45) is 7.94. The van der Waals surface area contributed by atoms with Crippen LogP contribution in [-0.4, -0.2) is 83.7 Å². The third kappa shape index (κ3) is 7.91. The molecule has 33 heavy (non-hydrogen) atoms.